The summed E-state index contributed by atoms with van der Waals surface area (Å²) >= 11 is 2.24. The molecular weight excluding hydrogens is 361 g/mol. The van der Waals surface area contributed by atoms with Crippen LogP contribution in [0.1, 0.15) is 48.3 Å². The summed E-state index contributed by atoms with van der Waals surface area (Å²) in [5, 5.41) is 0. The molecule has 2 aromatic rings. The number of anilines is 1. The quantitative estimate of drug-likeness (QED) is 0.810. The van der Waals surface area contributed by atoms with E-state index < -0.39 is 0 Å². The van der Waals surface area contributed by atoms with Crippen LogP contribution in [0.5, 0.6) is 0 Å². The lowest BCUT2D eigenvalue weighted by Crippen LogP contribution is -2.16. The molecular formula is C16H18IN3. The van der Waals surface area contributed by atoms with Crippen molar-refractivity contribution in [2.24, 2.45) is 0 Å². The van der Waals surface area contributed by atoms with Crippen LogP contribution in [0.2, 0.25) is 0 Å². The standard InChI is InChI=1S/C16H18IN3/c1-2-13-14(17)15(18)20-16(19-13)12-9-5-7-10-6-3-4-8-11(10)12/h3-4,6,8,12H,2,5,7,9H2,1H3,(H2,18,19,20). The molecule has 2 N–H and O–H groups in total. The third-order valence-electron chi connectivity index (χ3n) is 3.98. The largest absolute Gasteiger partial charge is 0.383 e. The van der Waals surface area contributed by atoms with Gasteiger partial charge in [-0.05, 0) is 59.4 Å². The van der Waals surface area contributed by atoms with Gasteiger partial charge in [-0.15, -0.1) is 0 Å². The minimum absolute atomic E-state index is 0.296. The zero-order valence-electron chi connectivity index (χ0n) is 11.6. The Morgan fingerprint density at radius 1 is 1.30 bits per heavy atom. The van der Waals surface area contributed by atoms with Gasteiger partial charge >= 0.3 is 0 Å². The molecule has 0 spiro atoms. The van der Waals surface area contributed by atoms with Crippen molar-refractivity contribution in [1.29, 1.82) is 0 Å². The van der Waals surface area contributed by atoms with E-state index in [1.54, 1.807) is 0 Å². The van der Waals surface area contributed by atoms with Crippen molar-refractivity contribution in [2.75, 3.05) is 5.73 Å². The summed E-state index contributed by atoms with van der Waals surface area (Å²) in [5.74, 6) is 1.81. The van der Waals surface area contributed by atoms with Crippen LogP contribution in [0.3, 0.4) is 0 Å². The summed E-state index contributed by atoms with van der Waals surface area (Å²) in [6.45, 7) is 2.11. The lowest BCUT2D eigenvalue weighted by Gasteiger charge is -2.25. The fourth-order valence-corrected chi connectivity index (χ4v) is 3.57. The second kappa shape index (κ2) is 5.68. The third kappa shape index (κ3) is 2.41. The molecule has 1 aromatic carbocycles. The summed E-state index contributed by atoms with van der Waals surface area (Å²) in [5.41, 5.74) is 9.94. The summed E-state index contributed by atoms with van der Waals surface area (Å²) < 4.78 is 0.998. The van der Waals surface area contributed by atoms with Crippen LogP contribution in [0.4, 0.5) is 5.82 Å². The van der Waals surface area contributed by atoms with Gasteiger partial charge in [0.25, 0.3) is 0 Å². The Morgan fingerprint density at radius 3 is 2.90 bits per heavy atom. The topological polar surface area (TPSA) is 51.8 Å². The van der Waals surface area contributed by atoms with Gasteiger partial charge in [0.15, 0.2) is 0 Å². The van der Waals surface area contributed by atoms with Crippen LogP contribution in [0.15, 0.2) is 24.3 Å². The number of halogens is 1. The van der Waals surface area contributed by atoms with Gasteiger partial charge in [-0.3, -0.25) is 0 Å². The fourth-order valence-electron chi connectivity index (χ4n) is 2.94. The van der Waals surface area contributed by atoms with E-state index in [0.717, 1.165) is 34.4 Å². The average Bonchev–Trinajstić information content (AvgIpc) is 2.49. The highest BCUT2D eigenvalue weighted by molar-refractivity contribution is 14.1. The summed E-state index contributed by atoms with van der Waals surface area (Å²) in [6, 6.07) is 8.65. The molecule has 4 heteroatoms. The van der Waals surface area contributed by atoms with Gasteiger partial charge in [-0.2, -0.15) is 0 Å². The molecule has 0 radical (unpaired) electrons. The SMILES string of the molecule is CCc1nc(C2CCCc3ccccc32)nc(N)c1I. The number of nitrogens with zero attached hydrogens (tertiary/aromatic N) is 2. The van der Waals surface area contributed by atoms with Crippen molar-refractivity contribution >= 4 is 28.4 Å². The smallest absolute Gasteiger partial charge is 0.140 e. The van der Waals surface area contributed by atoms with Crippen molar-refractivity contribution < 1.29 is 0 Å². The highest BCUT2D eigenvalue weighted by Crippen LogP contribution is 2.35. The van der Waals surface area contributed by atoms with Gasteiger partial charge in [0.1, 0.15) is 11.6 Å². The maximum atomic E-state index is 6.07. The Labute approximate surface area is 133 Å². The highest BCUT2D eigenvalue weighted by Gasteiger charge is 2.25. The first-order valence-electron chi connectivity index (χ1n) is 7.10. The molecule has 1 aliphatic carbocycles. The number of aromatic nitrogens is 2. The van der Waals surface area contributed by atoms with Crippen LogP contribution in [-0.2, 0) is 12.8 Å². The number of benzene rings is 1. The van der Waals surface area contributed by atoms with E-state index in [1.807, 2.05) is 0 Å². The van der Waals surface area contributed by atoms with E-state index in [1.165, 1.54) is 17.5 Å². The molecule has 20 heavy (non-hydrogen) atoms. The van der Waals surface area contributed by atoms with Crippen molar-refractivity contribution in [3.8, 4) is 0 Å². The van der Waals surface area contributed by atoms with Crippen molar-refractivity contribution in [2.45, 2.75) is 38.5 Å². The van der Waals surface area contributed by atoms with E-state index in [2.05, 4.69) is 58.8 Å². The van der Waals surface area contributed by atoms with E-state index in [4.69, 9.17) is 10.7 Å². The molecule has 0 bridgehead atoms. The number of fused-ring (bicyclic) bond motifs is 1. The normalized spacial score (nSPS) is 17.8. The minimum atomic E-state index is 0.296. The summed E-state index contributed by atoms with van der Waals surface area (Å²) in [4.78, 5) is 9.34. The Morgan fingerprint density at radius 2 is 2.10 bits per heavy atom. The monoisotopic (exact) mass is 379 g/mol. The number of hydrogen-bond acceptors (Lipinski definition) is 3. The number of rotatable bonds is 2. The molecule has 1 aliphatic rings. The lowest BCUT2D eigenvalue weighted by atomic mass is 9.82. The molecule has 1 atom stereocenters. The number of aryl methyl sites for hydroxylation is 2. The molecule has 1 unspecified atom stereocenters. The maximum Gasteiger partial charge on any atom is 0.140 e. The van der Waals surface area contributed by atoms with Gasteiger partial charge < -0.3 is 5.73 Å². The van der Waals surface area contributed by atoms with Crippen molar-refractivity contribution in [3.05, 3.63) is 50.5 Å². The first-order valence-corrected chi connectivity index (χ1v) is 8.18. The summed E-state index contributed by atoms with van der Waals surface area (Å²) in [7, 11) is 0. The number of nitrogen functional groups attached to an aromatic ring is 1. The molecule has 1 heterocycles. The molecule has 104 valence electrons. The van der Waals surface area contributed by atoms with Gasteiger partial charge in [-0.25, -0.2) is 9.97 Å². The zero-order chi connectivity index (χ0) is 14.1. The second-order valence-corrected chi connectivity index (χ2v) is 6.30. The predicted octanol–water partition coefficient (Wildman–Crippen LogP) is 3.69. The molecule has 1 aromatic heterocycles. The minimum Gasteiger partial charge on any atom is -0.383 e. The first-order chi connectivity index (χ1) is 9.70. The van der Waals surface area contributed by atoms with Gasteiger partial charge in [0.2, 0.25) is 0 Å². The van der Waals surface area contributed by atoms with Crippen LogP contribution in [0, 0.1) is 3.57 Å². The average molecular weight is 379 g/mol. The third-order valence-corrected chi connectivity index (χ3v) is 5.15. The van der Waals surface area contributed by atoms with E-state index >= 15 is 0 Å². The summed E-state index contributed by atoms with van der Waals surface area (Å²) in [6.07, 6.45) is 4.36. The Kier molecular flexibility index (Phi) is 3.92. The lowest BCUT2D eigenvalue weighted by molar-refractivity contribution is 0.588. The van der Waals surface area contributed by atoms with Gasteiger partial charge in [-0.1, -0.05) is 31.2 Å². The predicted molar refractivity (Wildman–Crippen MR) is 89.8 cm³/mol. The van der Waals surface area contributed by atoms with Crippen LogP contribution in [0.25, 0.3) is 0 Å². The highest BCUT2D eigenvalue weighted by atomic mass is 127. The van der Waals surface area contributed by atoms with Gasteiger partial charge in [0.05, 0.1) is 9.26 Å². The number of hydrogen-bond donors (Lipinski definition) is 1. The molecule has 3 rings (SSSR count). The van der Waals surface area contributed by atoms with Crippen LogP contribution in [-0.4, -0.2) is 9.97 Å². The maximum absolute atomic E-state index is 6.07. The Balaban J connectivity index is 2.09. The molecule has 3 nitrogen and oxygen atoms in total. The molecule has 0 fully saturated rings. The fraction of sp³-hybridized carbons (Fsp3) is 0.375. The van der Waals surface area contributed by atoms with E-state index in [9.17, 15) is 0 Å². The van der Waals surface area contributed by atoms with Crippen molar-refractivity contribution in [1.82, 2.24) is 9.97 Å². The van der Waals surface area contributed by atoms with E-state index in [0.29, 0.717) is 11.7 Å². The molecule has 0 amide bonds. The van der Waals surface area contributed by atoms with Crippen LogP contribution >= 0.6 is 22.6 Å². The van der Waals surface area contributed by atoms with Crippen LogP contribution < -0.4 is 5.73 Å². The first kappa shape index (κ1) is 13.8. The van der Waals surface area contributed by atoms with E-state index in [-0.39, 0.29) is 0 Å². The Bertz CT molecular complexity index is 640. The zero-order valence-corrected chi connectivity index (χ0v) is 13.7. The molecule has 0 aliphatic heterocycles. The number of nitrogens with two attached hydrogens (primary N) is 1. The van der Waals surface area contributed by atoms with Crippen molar-refractivity contribution in [3.63, 3.8) is 0 Å². The second-order valence-electron chi connectivity index (χ2n) is 5.22. The van der Waals surface area contributed by atoms with Gasteiger partial charge in [0, 0.05) is 5.92 Å². The Hall–Kier alpha value is -1.17. The molecule has 0 saturated carbocycles. The molecule has 0 saturated heterocycles.